The first kappa shape index (κ1) is 12.6. The SMILES string of the molecule is N#CC(C#N)N=Nc1ccc([N+](=O)[O-])c(Cl)c1. The van der Waals surface area contributed by atoms with Gasteiger partial charge in [0, 0.05) is 6.07 Å². The molecule has 8 heteroatoms. The minimum absolute atomic E-state index is 0.0862. The largest absolute Gasteiger partial charge is 0.288 e. The van der Waals surface area contributed by atoms with E-state index < -0.39 is 11.0 Å². The van der Waals surface area contributed by atoms with Crippen LogP contribution in [0.5, 0.6) is 0 Å². The van der Waals surface area contributed by atoms with Gasteiger partial charge in [-0.15, -0.1) is 0 Å². The molecule has 0 aromatic heterocycles. The van der Waals surface area contributed by atoms with Crippen LogP contribution in [-0.4, -0.2) is 11.0 Å². The summed E-state index contributed by atoms with van der Waals surface area (Å²) in [5.74, 6) is 0. The van der Waals surface area contributed by atoms with E-state index in [-0.39, 0.29) is 16.4 Å². The number of nitro benzene ring substituents is 1. The predicted octanol–water partition coefficient (Wildman–Crippen LogP) is 2.75. The Bertz CT molecular complexity index is 543. The smallest absolute Gasteiger partial charge is 0.258 e. The Kier molecular flexibility index (Phi) is 4.09. The molecule has 0 aliphatic rings. The van der Waals surface area contributed by atoms with E-state index in [9.17, 15) is 10.1 Å². The average molecular weight is 250 g/mol. The van der Waals surface area contributed by atoms with Crippen LogP contribution in [0.1, 0.15) is 0 Å². The fraction of sp³-hybridized carbons (Fsp3) is 0.111. The lowest BCUT2D eigenvalue weighted by Crippen LogP contribution is -1.92. The van der Waals surface area contributed by atoms with Crippen LogP contribution in [0.4, 0.5) is 11.4 Å². The zero-order valence-electron chi connectivity index (χ0n) is 8.24. The van der Waals surface area contributed by atoms with Gasteiger partial charge in [0.15, 0.2) is 0 Å². The van der Waals surface area contributed by atoms with Gasteiger partial charge in [-0.1, -0.05) is 11.6 Å². The second-order valence-electron chi connectivity index (χ2n) is 2.77. The molecule has 0 amide bonds. The Labute approximate surface area is 101 Å². The third kappa shape index (κ3) is 3.23. The number of azo groups is 1. The first-order valence-electron chi connectivity index (χ1n) is 4.22. The minimum Gasteiger partial charge on any atom is -0.258 e. The van der Waals surface area contributed by atoms with Crippen LogP contribution in [0, 0.1) is 32.8 Å². The summed E-state index contributed by atoms with van der Waals surface area (Å²) in [6, 6.07) is 5.72. The molecule has 0 fully saturated rings. The standard InChI is InChI=1S/C9H4ClN5O2/c10-8-3-6(1-2-9(8)15(16)17)13-14-7(4-11)5-12/h1-3,7H. The fourth-order valence-corrected chi connectivity index (χ4v) is 1.15. The maximum absolute atomic E-state index is 10.5. The van der Waals surface area contributed by atoms with Gasteiger partial charge in [0.25, 0.3) is 5.69 Å². The number of rotatable bonds is 3. The van der Waals surface area contributed by atoms with Crippen molar-refractivity contribution in [2.75, 3.05) is 0 Å². The Morgan fingerprint density at radius 2 is 2.06 bits per heavy atom. The first-order valence-corrected chi connectivity index (χ1v) is 4.60. The van der Waals surface area contributed by atoms with E-state index in [0.29, 0.717) is 0 Å². The summed E-state index contributed by atoms with van der Waals surface area (Å²) in [5.41, 5.74) is -0.0150. The predicted molar refractivity (Wildman–Crippen MR) is 57.6 cm³/mol. The van der Waals surface area contributed by atoms with Gasteiger partial charge in [-0.25, -0.2) is 0 Å². The third-order valence-electron chi connectivity index (χ3n) is 1.66. The highest BCUT2D eigenvalue weighted by molar-refractivity contribution is 6.32. The molecular weight excluding hydrogens is 246 g/mol. The summed E-state index contributed by atoms with van der Waals surface area (Å²) in [7, 11) is 0. The van der Waals surface area contributed by atoms with Gasteiger partial charge in [0.2, 0.25) is 6.04 Å². The molecule has 0 bridgehead atoms. The molecule has 1 rings (SSSR count). The van der Waals surface area contributed by atoms with Crippen molar-refractivity contribution in [1.29, 1.82) is 10.5 Å². The second-order valence-corrected chi connectivity index (χ2v) is 3.18. The summed E-state index contributed by atoms with van der Waals surface area (Å²) >= 11 is 5.63. The maximum atomic E-state index is 10.5. The molecule has 0 N–H and O–H groups in total. The third-order valence-corrected chi connectivity index (χ3v) is 1.96. The molecule has 0 radical (unpaired) electrons. The van der Waals surface area contributed by atoms with Crippen molar-refractivity contribution in [3.05, 3.63) is 33.3 Å². The molecular formula is C9H4ClN5O2. The molecule has 0 atom stereocenters. The van der Waals surface area contributed by atoms with Crippen LogP contribution in [0.3, 0.4) is 0 Å². The summed E-state index contributed by atoms with van der Waals surface area (Å²) in [6.45, 7) is 0. The Balaban J connectivity index is 2.97. The van der Waals surface area contributed by atoms with Gasteiger partial charge in [-0.2, -0.15) is 20.8 Å². The van der Waals surface area contributed by atoms with E-state index >= 15 is 0 Å². The lowest BCUT2D eigenvalue weighted by molar-refractivity contribution is -0.384. The molecule has 0 saturated carbocycles. The molecule has 0 aliphatic heterocycles. The highest BCUT2D eigenvalue weighted by Crippen LogP contribution is 2.28. The van der Waals surface area contributed by atoms with Crippen molar-refractivity contribution in [2.45, 2.75) is 6.04 Å². The van der Waals surface area contributed by atoms with Crippen molar-refractivity contribution in [2.24, 2.45) is 10.2 Å². The lowest BCUT2D eigenvalue weighted by Gasteiger charge is -1.96. The van der Waals surface area contributed by atoms with Gasteiger partial charge in [0.05, 0.1) is 10.6 Å². The average Bonchev–Trinajstić information content (AvgIpc) is 2.30. The van der Waals surface area contributed by atoms with E-state index in [1.807, 2.05) is 0 Å². The van der Waals surface area contributed by atoms with Crippen molar-refractivity contribution in [3.63, 3.8) is 0 Å². The van der Waals surface area contributed by atoms with Crippen molar-refractivity contribution in [3.8, 4) is 12.1 Å². The summed E-state index contributed by atoms with van der Waals surface area (Å²) < 4.78 is 0. The van der Waals surface area contributed by atoms with Gasteiger partial charge in [-0.05, 0) is 12.1 Å². The minimum atomic E-state index is -1.20. The van der Waals surface area contributed by atoms with Crippen LogP contribution >= 0.6 is 11.6 Å². The van der Waals surface area contributed by atoms with Crippen LogP contribution < -0.4 is 0 Å². The molecule has 0 heterocycles. The molecule has 0 unspecified atom stereocenters. The zero-order chi connectivity index (χ0) is 12.8. The van der Waals surface area contributed by atoms with Gasteiger partial charge in [0.1, 0.15) is 17.2 Å². The number of hydrogen-bond donors (Lipinski definition) is 0. The van der Waals surface area contributed by atoms with E-state index in [1.165, 1.54) is 18.2 Å². The molecule has 7 nitrogen and oxygen atoms in total. The van der Waals surface area contributed by atoms with E-state index in [0.717, 1.165) is 0 Å². The number of halogens is 1. The number of nitriles is 2. The van der Waals surface area contributed by atoms with Crippen LogP contribution in [0.2, 0.25) is 5.02 Å². The van der Waals surface area contributed by atoms with Gasteiger partial charge >= 0.3 is 0 Å². The monoisotopic (exact) mass is 249 g/mol. The van der Waals surface area contributed by atoms with E-state index in [1.54, 1.807) is 12.1 Å². The van der Waals surface area contributed by atoms with Crippen LogP contribution in [0.25, 0.3) is 0 Å². The highest BCUT2D eigenvalue weighted by atomic mass is 35.5. The maximum Gasteiger partial charge on any atom is 0.288 e. The summed E-state index contributed by atoms with van der Waals surface area (Å²) in [6.07, 6.45) is 0. The normalized spacial score (nSPS) is 10.1. The van der Waals surface area contributed by atoms with Crippen molar-refractivity contribution >= 4 is 23.0 Å². The lowest BCUT2D eigenvalue weighted by atomic mass is 10.3. The topological polar surface area (TPSA) is 115 Å². The first-order chi connectivity index (χ1) is 8.08. The Morgan fingerprint density at radius 3 is 2.53 bits per heavy atom. The number of benzene rings is 1. The molecule has 17 heavy (non-hydrogen) atoms. The van der Waals surface area contributed by atoms with Crippen LogP contribution in [-0.2, 0) is 0 Å². The molecule has 84 valence electrons. The molecule has 1 aromatic carbocycles. The highest BCUT2D eigenvalue weighted by Gasteiger charge is 2.12. The molecule has 1 aromatic rings. The van der Waals surface area contributed by atoms with E-state index in [2.05, 4.69) is 10.2 Å². The van der Waals surface area contributed by atoms with E-state index in [4.69, 9.17) is 22.1 Å². The second kappa shape index (κ2) is 5.54. The number of nitrogens with zero attached hydrogens (tertiary/aromatic N) is 5. The molecule has 0 spiro atoms. The number of hydrogen-bond acceptors (Lipinski definition) is 6. The fourth-order valence-electron chi connectivity index (χ4n) is 0.911. The molecule has 0 saturated heterocycles. The van der Waals surface area contributed by atoms with Gasteiger partial charge < -0.3 is 0 Å². The Morgan fingerprint density at radius 1 is 1.41 bits per heavy atom. The quantitative estimate of drug-likeness (QED) is 0.465. The van der Waals surface area contributed by atoms with Crippen molar-refractivity contribution < 1.29 is 4.92 Å². The Hall–Kier alpha value is -2.51. The zero-order valence-corrected chi connectivity index (χ0v) is 9.00. The molecule has 0 aliphatic carbocycles. The van der Waals surface area contributed by atoms with Crippen LogP contribution in [0.15, 0.2) is 28.4 Å². The summed E-state index contributed by atoms with van der Waals surface area (Å²) in [4.78, 5) is 9.84. The van der Waals surface area contributed by atoms with Gasteiger partial charge in [-0.3, -0.25) is 10.1 Å². The number of nitro groups is 1. The van der Waals surface area contributed by atoms with Crippen molar-refractivity contribution in [1.82, 2.24) is 0 Å². The summed E-state index contributed by atoms with van der Waals surface area (Å²) in [5, 5.41) is 34.3.